The number of nitrogens with one attached hydrogen (secondary N) is 1. The number of carbonyl (C=O) groups is 1. The van der Waals surface area contributed by atoms with Gasteiger partial charge in [-0.05, 0) is 49.5 Å². The van der Waals surface area contributed by atoms with E-state index in [2.05, 4.69) is 5.32 Å². The molecule has 2 rings (SSSR count). The Hall–Kier alpha value is -1.64. The highest BCUT2D eigenvalue weighted by molar-refractivity contribution is 5.91. The van der Waals surface area contributed by atoms with Gasteiger partial charge in [0.05, 0.1) is 0 Å². The van der Waals surface area contributed by atoms with Crippen LogP contribution in [-0.2, 0) is 4.79 Å². The molecular formula is C14H16FNO. The lowest BCUT2D eigenvalue weighted by molar-refractivity contribution is -0.117. The van der Waals surface area contributed by atoms with Crippen LogP contribution in [0.3, 0.4) is 0 Å². The van der Waals surface area contributed by atoms with Crippen molar-refractivity contribution in [1.29, 1.82) is 0 Å². The van der Waals surface area contributed by atoms with E-state index < -0.39 is 0 Å². The molecule has 90 valence electrons. The van der Waals surface area contributed by atoms with Crippen LogP contribution in [0.5, 0.6) is 0 Å². The molecule has 0 radical (unpaired) electrons. The van der Waals surface area contributed by atoms with Crippen LogP contribution in [0.1, 0.15) is 25.3 Å². The Balaban J connectivity index is 1.88. The van der Waals surface area contributed by atoms with Gasteiger partial charge in [0.25, 0.3) is 0 Å². The van der Waals surface area contributed by atoms with Gasteiger partial charge in [-0.15, -0.1) is 0 Å². The summed E-state index contributed by atoms with van der Waals surface area (Å²) in [6.07, 6.45) is 5.48. The third-order valence-corrected chi connectivity index (χ3v) is 2.97. The van der Waals surface area contributed by atoms with E-state index in [4.69, 9.17) is 0 Å². The summed E-state index contributed by atoms with van der Waals surface area (Å²) in [6, 6.07) is 6.40. The molecule has 2 nitrogen and oxygen atoms in total. The predicted octanol–water partition coefficient (Wildman–Crippen LogP) is 2.75. The monoisotopic (exact) mass is 233 g/mol. The lowest BCUT2D eigenvalue weighted by atomic mass is 10.2. The largest absolute Gasteiger partial charge is 0.350 e. The van der Waals surface area contributed by atoms with Crippen molar-refractivity contribution in [3.05, 3.63) is 41.7 Å². The molecule has 0 aromatic heterocycles. The van der Waals surface area contributed by atoms with E-state index >= 15 is 0 Å². The Morgan fingerprint density at radius 1 is 1.53 bits per heavy atom. The number of hydrogen-bond acceptors (Lipinski definition) is 1. The highest BCUT2D eigenvalue weighted by atomic mass is 19.1. The fraction of sp³-hybridized carbons (Fsp3) is 0.357. The van der Waals surface area contributed by atoms with Crippen LogP contribution >= 0.6 is 0 Å². The molecule has 1 aromatic carbocycles. The Kier molecular flexibility index (Phi) is 3.57. The molecule has 17 heavy (non-hydrogen) atoms. The highest BCUT2D eigenvalue weighted by Crippen LogP contribution is 2.32. The smallest absolute Gasteiger partial charge is 0.244 e. The van der Waals surface area contributed by atoms with Crippen LogP contribution in [0.4, 0.5) is 4.39 Å². The second-order valence-corrected chi connectivity index (χ2v) is 4.52. The van der Waals surface area contributed by atoms with Gasteiger partial charge in [0.2, 0.25) is 5.91 Å². The van der Waals surface area contributed by atoms with Gasteiger partial charge in [0.15, 0.2) is 0 Å². The van der Waals surface area contributed by atoms with E-state index in [0.717, 1.165) is 0 Å². The SMILES string of the molecule is CC(NC(=O)/C=C/c1cccc(F)c1)C1CC1. The van der Waals surface area contributed by atoms with Crippen LogP contribution in [-0.4, -0.2) is 11.9 Å². The molecule has 1 atom stereocenters. The van der Waals surface area contributed by atoms with E-state index in [9.17, 15) is 9.18 Å². The summed E-state index contributed by atoms with van der Waals surface area (Å²) < 4.78 is 12.9. The van der Waals surface area contributed by atoms with Crippen LogP contribution < -0.4 is 5.32 Å². The first-order valence-electron chi connectivity index (χ1n) is 5.89. The van der Waals surface area contributed by atoms with Gasteiger partial charge >= 0.3 is 0 Å². The number of benzene rings is 1. The average Bonchev–Trinajstić information content (AvgIpc) is 3.10. The molecule has 1 amide bonds. The number of carbonyl (C=O) groups excluding carboxylic acids is 1. The molecule has 0 saturated heterocycles. The first-order valence-corrected chi connectivity index (χ1v) is 5.89. The summed E-state index contributed by atoms with van der Waals surface area (Å²) in [5.74, 6) is 0.231. The van der Waals surface area contributed by atoms with Crippen molar-refractivity contribution >= 4 is 12.0 Å². The van der Waals surface area contributed by atoms with Crippen molar-refractivity contribution in [3.8, 4) is 0 Å². The zero-order valence-corrected chi connectivity index (χ0v) is 9.82. The van der Waals surface area contributed by atoms with Gasteiger partial charge in [-0.2, -0.15) is 0 Å². The van der Waals surface area contributed by atoms with E-state index in [1.54, 1.807) is 18.2 Å². The number of hydrogen-bond donors (Lipinski definition) is 1. The molecular weight excluding hydrogens is 217 g/mol. The standard InChI is InChI=1S/C14H16FNO/c1-10(12-6-7-12)16-14(17)8-5-11-3-2-4-13(15)9-11/h2-5,8-10,12H,6-7H2,1H3,(H,16,17)/b8-5+. The highest BCUT2D eigenvalue weighted by Gasteiger charge is 2.28. The van der Waals surface area contributed by atoms with Crippen molar-refractivity contribution in [2.24, 2.45) is 5.92 Å². The minimum atomic E-state index is -0.293. The molecule has 1 aromatic rings. The van der Waals surface area contributed by atoms with Crippen molar-refractivity contribution in [3.63, 3.8) is 0 Å². The lowest BCUT2D eigenvalue weighted by Gasteiger charge is -2.10. The summed E-state index contributed by atoms with van der Waals surface area (Å²) in [5, 5.41) is 2.91. The third kappa shape index (κ3) is 3.70. The van der Waals surface area contributed by atoms with Gasteiger partial charge in [-0.25, -0.2) is 4.39 Å². The zero-order chi connectivity index (χ0) is 12.3. The average molecular weight is 233 g/mol. The van der Waals surface area contributed by atoms with Crippen LogP contribution in [0.2, 0.25) is 0 Å². The second-order valence-electron chi connectivity index (χ2n) is 4.52. The fourth-order valence-corrected chi connectivity index (χ4v) is 1.77. The molecule has 0 heterocycles. The predicted molar refractivity (Wildman–Crippen MR) is 65.8 cm³/mol. The Labute approximate surface area is 101 Å². The number of rotatable bonds is 4. The van der Waals surface area contributed by atoms with Crippen LogP contribution in [0, 0.1) is 11.7 Å². The lowest BCUT2D eigenvalue weighted by Crippen LogP contribution is -2.32. The molecule has 1 N–H and O–H groups in total. The number of amides is 1. The van der Waals surface area contributed by atoms with Gasteiger partial charge in [-0.3, -0.25) is 4.79 Å². The van der Waals surface area contributed by atoms with E-state index in [1.807, 2.05) is 6.92 Å². The van der Waals surface area contributed by atoms with E-state index in [-0.39, 0.29) is 17.8 Å². The molecule has 0 bridgehead atoms. The summed E-state index contributed by atoms with van der Waals surface area (Å²) >= 11 is 0. The van der Waals surface area contributed by atoms with Gasteiger partial charge < -0.3 is 5.32 Å². The fourth-order valence-electron chi connectivity index (χ4n) is 1.77. The topological polar surface area (TPSA) is 29.1 Å². The summed E-state index contributed by atoms with van der Waals surface area (Å²) in [6.45, 7) is 2.02. The summed E-state index contributed by atoms with van der Waals surface area (Å²) in [4.78, 5) is 11.6. The van der Waals surface area contributed by atoms with E-state index in [0.29, 0.717) is 11.5 Å². The first-order chi connectivity index (χ1) is 8.15. The van der Waals surface area contributed by atoms with Crippen molar-refractivity contribution < 1.29 is 9.18 Å². The number of halogens is 1. The third-order valence-electron chi connectivity index (χ3n) is 2.97. The molecule has 1 aliphatic rings. The first kappa shape index (κ1) is 11.8. The maximum absolute atomic E-state index is 12.9. The maximum atomic E-state index is 12.9. The normalized spacial score (nSPS) is 17.1. The van der Waals surface area contributed by atoms with Gasteiger partial charge in [0, 0.05) is 12.1 Å². The van der Waals surface area contributed by atoms with Crippen LogP contribution in [0.25, 0.3) is 6.08 Å². The molecule has 0 spiro atoms. The second kappa shape index (κ2) is 5.13. The molecule has 1 unspecified atom stereocenters. The molecule has 1 fully saturated rings. The van der Waals surface area contributed by atoms with Crippen LogP contribution in [0.15, 0.2) is 30.3 Å². The summed E-state index contributed by atoms with van der Waals surface area (Å²) in [5.41, 5.74) is 0.694. The quantitative estimate of drug-likeness (QED) is 0.796. The zero-order valence-electron chi connectivity index (χ0n) is 9.82. The van der Waals surface area contributed by atoms with E-state index in [1.165, 1.54) is 31.1 Å². The van der Waals surface area contributed by atoms with Crippen molar-refractivity contribution in [2.75, 3.05) is 0 Å². The Morgan fingerprint density at radius 2 is 2.29 bits per heavy atom. The molecule has 1 aliphatic carbocycles. The molecule has 0 aliphatic heterocycles. The Bertz CT molecular complexity index is 438. The minimum absolute atomic E-state index is 0.117. The Morgan fingerprint density at radius 3 is 2.94 bits per heavy atom. The molecule has 3 heteroatoms. The minimum Gasteiger partial charge on any atom is -0.350 e. The molecule has 1 saturated carbocycles. The van der Waals surface area contributed by atoms with Gasteiger partial charge in [-0.1, -0.05) is 12.1 Å². The van der Waals surface area contributed by atoms with Crippen molar-refractivity contribution in [1.82, 2.24) is 5.32 Å². The van der Waals surface area contributed by atoms with Gasteiger partial charge in [0.1, 0.15) is 5.82 Å². The summed E-state index contributed by atoms with van der Waals surface area (Å²) in [7, 11) is 0. The maximum Gasteiger partial charge on any atom is 0.244 e. The van der Waals surface area contributed by atoms with Crippen molar-refractivity contribution in [2.45, 2.75) is 25.8 Å².